The van der Waals surface area contributed by atoms with Gasteiger partial charge in [0.25, 0.3) is 5.91 Å². The molecule has 12 N–H and O–H groups in total. The lowest BCUT2D eigenvalue weighted by molar-refractivity contribution is -0.141. The summed E-state index contributed by atoms with van der Waals surface area (Å²) in [5.74, 6) is -4.74. The van der Waals surface area contributed by atoms with E-state index in [1.54, 1.807) is 30.3 Å². The molecule has 1 saturated heterocycles. The molecule has 0 radical (unpaired) electrons. The Morgan fingerprint density at radius 1 is 0.768 bits per heavy atom. The van der Waals surface area contributed by atoms with Crippen molar-refractivity contribution < 1.29 is 48.8 Å². The number of nitrogens with two attached hydrogens (primary N) is 2. The van der Waals surface area contributed by atoms with Crippen molar-refractivity contribution >= 4 is 41.5 Å². The highest BCUT2D eigenvalue weighted by Gasteiger charge is 2.33. The highest BCUT2D eigenvalue weighted by atomic mass is 16.5. The number of amides is 5. The number of carboxylic acids is 1. The molecule has 2 heterocycles. The van der Waals surface area contributed by atoms with Gasteiger partial charge in [0.2, 0.25) is 23.6 Å². The second kappa shape index (κ2) is 18.5. The number of carboxylic acid groups (broad SMARTS) is 1. The summed E-state index contributed by atoms with van der Waals surface area (Å²) < 4.78 is 6.00. The number of hydrogen-bond donors (Lipinski definition) is 10. The number of carbonyl (C=O) groups is 6. The monoisotopic (exact) mass is 772 g/mol. The van der Waals surface area contributed by atoms with Gasteiger partial charge in [0.15, 0.2) is 5.96 Å². The van der Waals surface area contributed by atoms with Gasteiger partial charge < -0.3 is 58.1 Å². The van der Waals surface area contributed by atoms with Gasteiger partial charge in [-0.3, -0.25) is 33.8 Å². The molecular formula is C38H44N8O10. The molecule has 0 aromatic heterocycles. The number of phenolic OH excluding ortho intramolecular Hbond substituents is 2. The molecule has 5 amide bonds. The second-order valence-corrected chi connectivity index (χ2v) is 13.3. The van der Waals surface area contributed by atoms with Gasteiger partial charge in [-0.25, -0.2) is 0 Å². The molecule has 56 heavy (non-hydrogen) atoms. The largest absolute Gasteiger partial charge is 0.508 e. The highest BCUT2D eigenvalue weighted by Crippen LogP contribution is 2.49. The quantitative estimate of drug-likeness (QED) is 0.0502. The van der Waals surface area contributed by atoms with E-state index in [9.17, 15) is 44.1 Å². The Morgan fingerprint density at radius 3 is 2.02 bits per heavy atom. The van der Waals surface area contributed by atoms with Crippen LogP contribution < -0.4 is 42.8 Å². The van der Waals surface area contributed by atoms with Crippen molar-refractivity contribution in [1.82, 2.24) is 26.6 Å². The van der Waals surface area contributed by atoms with E-state index in [2.05, 4.69) is 31.6 Å². The van der Waals surface area contributed by atoms with Crippen LogP contribution in [0.1, 0.15) is 71.5 Å². The molecule has 2 aliphatic heterocycles. The molecule has 3 atom stereocenters. The minimum atomic E-state index is -1.52. The zero-order chi connectivity index (χ0) is 40.4. The van der Waals surface area contributed by atoms with Gasteiger partial charge in [0.05, 0.1) is 13.0 Å². The van der Waals surface area contributed by atoms with Crippen molar-refractivity contribution in [2.24, 2.45) is 16.5 Å². The van der Waals surface area contributed by atoms with E-state index in [0.717, 1.165) is 0 Å². The van der Waals surface area contributed by atoms with Crippen LogP contribution in [0.25, 0.3) is 0 Å². The lowest BCUT2D eigenvalue weighted by Crippen LogP contribution is -2.59. The lowest BCUT2D eigenvalue weighted by Gasteiger charge is -2.30. The number of phenols is 2. The molecule has 0 aliphatic carbocycles. The number of hydrogen-bond acceptors (Lipinski definition) is 10. The van der Waals surface area contributed by atoms with E-state index in [1.165, 1.54) is 24.3 Å². The number of guanidine groups is 1. The predicted octanol–water partition coefficient (Wildman–Crippen LogP) is 0.396. The van der Waals surface area contributed by atoms with Crippen LogP contribution >= 0.6 is 0 Å². The molecule has 296 valence electrons. The van der Waals surface area contributed by atoms with Crippen LogP contribution in [0.5, 0.6) is 23.0 Å². The van der Waals surface area contributed by atoms with Crippen molar-refractivity contribution in [3.63, 3.8) is 0 Å². The number of unbranched alkanes of at least 4 members (excludes halogenated alkanes) is 1. The van der Waals surface area contributed by atoms with E-state index in [-0.39, 0.29) is 49.3 Å². The summed E-state index contributed by atoms with van der Waals surface area (Å²) in [6.45, 7) is -0.223. The van der Waals surface area contributed by atoms with Crippen LogP contribution in [0, 0.1) is 0 Å². The molecule has 0 bridgehead atoms. The molecule has 1 fully saturated rings. The number of benzene rings is 3. The van der Waals surface area contributed by atoms with Crippen molar-refractivity contribution in [2.45, 2.75) is 62.6 Å². The molecule has 18 heteroatoms. The van der Waals surface area contributed by atoms with Gasteiger partial charge in [-0.2, -0.15) is 0 Å². The minimum absolute atomic E-state index is 0.0118. The summed E-state index contributed by atoms with van der Waals surface area (Å²) in [4.78, 5) is 81.3. The SMILES string of the molecule is NC(N)=NCCC[C@@H]1NC(=O)[C@@H](CCCCNC(=O)c2ccccc2C2c3ccc(O)cc3Oc3cc(O)ccc32)NC(=O)[C@H](CC(=O)O)NC(=O)CNC1=O. The zero-order valence-electron chi connectivity index (χ0n) is 30.2. The summed E-state index contributed by atoms with van der Waals surface area (Å²) in [7, 11) is 0. The molecule has 0 saturated carbocycles. The molecule has 0 unspecified atom stereocenters. The topological polar surface area (TPSA) is 297 Å². The average Bonchev–Trinajstić information content (AvgIpc) is 3.15. The molecule has 5 rings (SSSR count). The smallest absolute Gasteiger partial charge is 0.305 e. The molecule has 18 nitrogen and oxygen atoms in total. The highest BCUT2D eigenvalue weighted by molar-refractivity contribution is 5.98. The number of fused-ring (bicyclic) bond motifs is 2. The normalized spacial score (nSPS) is 18.5. The van der Waals surface area contributed by atoms with E-state index >= 15 is 0 Å². The summed E-state index contributed by atoms with van der Waals surface area (Å²) in [6.07, 6.45) is 0.315. The van der Waals surface area contributed by atoms with Gasteiger partial charge in [-0.15, -0.1) is 0 Å². The van der Waals surface area contributed by atoms with Crippen LogP contribution in [-0.4, -0.2) is 94.5 Å². The third-order valence-electron chi connectivity index (χ3n) is 9.22. The number of aliphatic carboxylic acids is 1. The number of aliphatic imine (C=N–C) groups is 1. The first-order chi connectivity index (χ1) is 26.8. The Morgan fingerprint density at radius 2 is 1.38 bits per heavy atom. The van der Waals surface area contributed by atoms with Gasteiger partial charge in [0.1, 0.15) is 41.1 Å². The van der Waals surface area contributed by atoms with Crippen LogP contribution in [0.15, 0.2) is 65.7 Å². The van der Waals surface area contributed by atoms with Gasteiger partial charge >= 0.3 is 5.97 Å². The average molecular weight is 773 g/mol. The minimum Gasteiger partial charge on any atom is -0.508 e. The standard InChI is InChI=1S/C38H44N8O10/c39-38(40)42-15-5-9-26-35(53)43-19-31(49)44-28(18-32(50)51)37(55)46-27(36(54)45-26)8-3-4-14-41-34(52)23-7-2-1-6-22(23)33-24-12-10-20(47)16-29(24)56-30-17-21(48)11-13-25(30)33/h1-2,6-7,10-13,16-17,26-28,33,47-48H,3-5,8-9,14-15,18-19H2,(H,41,52)(H,43,53)(H,44,49)(H,45,54)(H,46,55)(H,50,51)(H4,39,40,42)/t26-,27+,28-/m0/s1. The Hall–Kier alpha value is -6.85. The fraction of sp³-hybridized carbons (Fsp3) is 0.342. The molecule has 2 aliphatic rings. The van der Waals surface area contributed by atoms with Crippen molar-refractivity contribution in [2.75, 3.05) is 19.6 Å². The van der Waals surface area contributed by atoms with Crippen LogP contribution in [-0.2, 0) is 24.0 Å². The number of carbonyl (C=O) groups excluding carboxylic acids is 5. The number of ether oxygens (including phenoxy) is 1. The predicted molar refractivity (Wildman–Crippen MR) is 201 cm³/mol. The Balaban J connectivity index is 1.28. The first-order valence-corrected chi connectivity index (χ1v) is 18.0. The number of nitrogens with one attached hydrogen (secondary N) is 5. The fourth-order valence-electron chi connectivity index (χ4n) is 6.55. The van der Waals surface area contributed by atoms with E-state index in [1.807, 2.05) is 6.07 Å². The summed E-state index contributed by atoms with van der Waals surface area (Å²) in [6, 6.07) is 12.6. The Bertz CT molecular complexity index is 1970. The van der Waals surface area contributed by atoms with E-state index in [0.29, 0.717) is 53.0 Å². The molecule has 3 aromatic carbocycles. The maximum Gasteiger partial charge on any atom is 0.305 e. The number of nitrogens with zero attached hydrogens (tertiary/aromatic N) is 1. The summed E-state index contributed by atoms with van der Waals surface area (Å²) in [5, 5.41) is 42.4. The Kier molecular flexibility index (Phi) is 13.3. The van der Waals surface area contributed by atoms with Crippen molar-refractivity contribution in [3.05, 3.63) is 82.9 Å². The van der Waals surface area contributed by atoms with Crippen molar-refractivity contribution in [3.8, 4) is 23.0 Å². The molecular weight excluding hydrogens is 728 g/mol. The van der Waals surface area contributed by atoms with Crippen LogP contribution in [0.2, 0.25) is 0 Å². The first kappa shape index (κ1) is 40.3. The molecule has 0 spiro atoms. The van der Waals surface area contributed by atoms with E-state index < -0.39 is 66.6 Å². The van der Waals surface area contributed by atoms with Gasteiger partial charge in [-0.1, -0.05) is 30.3 Å². The van der Waals surface area contributed by atoms with Crippen LogP contribution in [0.4, 0.5) is 0 Å². The number of aromatic hydroxyl groups is 2. The second-order valence-electron chi connectivity index (χ2n) is 13.3. The van der Waals surface area contributed by atoms with Gasteiger partial charge in [0, 0.05) is 47.8 Å². The third kappa shape index (κ3) is 10.4. The zero-order valence-corrected chi connectivity index (χ0v) is 30.2. The molecule has 3 aromatic rings. The van der Waals surface area contributed by atoms with Gasteiger partial charge in [-0.05, 0) is 55.9 Å². The summed E-state index contributed by atoms with van der Waals surface area (Å²) in [5.41, 5.74) is 13.2. The maximum atomic E-state index is 13.7. The maximum absolute atomic E-state index is 13.7. The first-order valence-electron chi connectivity index (χ1n) is 18.0. The Labute approximate surface area is 321 Å². The van der Waals surface area contributed by atoms with E-state index in [4.69, 9.17) is 16.2 Å². The number of rotatable bonds is 13. The third-order valence-corrected chi connectivity index (χ3v) is 9.22. The summed E-state index contributed by atoms with van der Waals surface area (Å²) >= 11 is 0. The fourth-order valence-corrected chi connectivity index (χ4v) is 6.55. The lowest BCUT2D eigenvalue weighted by atomic mass is 9.80. The van der Waals surface area contributed by atoms with Crippen molar-refractivity contribution in [1.29, 1.82) is 0 Å². The van der Waals surface area contributed by atoms with Crippen LogP contribution in [0.3, 0.4) is 0 Å².